The number of rotatable bonds is 5. The summed E-state index contributed by atoms with van der Waals surface area (Å²) in [7, 11) is 0. The molecule has 170 valence electrons. The average molecular weight is 413 g/mol. The van der Waals surface area contributed by atoms with Crippen LogP contribution in [0.4, 0.5) is 0 Å². The van der Waals surface area contributed by atoms with E-state index in [2.05, 4.69) is 53.7 Å². The van der Waals surface area contributed by atoms with E-state index in [0.29, 0.717) is 16.7 Å². The zero-order chi connectivity index (χ0) is 21.7. The predicted octanol–water partition coefficient (Wildman–Crippen LogP) is 7.94. The van der Waals surface area contributed by atoms with E-state index in [9.17, 15) is 5.11 Å². The van der Waals surface area contributed by atoms with Gasteiger partial charge in [-0.2, -0.15) is 0 Å². The van der Waals surface area contributed by atoms with E-state index < -0.39 is 0 Å². The van der Waals surface area contributed by atoms with Crippen molar-refractivity contribution in [3.8, 4) is 0 Å². The van der Waals surface area contributed by atoms with E-state index in [1.165, 1.54) is 51.4 Å². The summed E-state index contributed by atoms with van der Waals surface area (Å²) >= 11 is 0. The van der Waals surface area contributed by atoms with Gasteiger partial charge in [0.1, 0.15) is 0 Å². The molecule has 3 fully saturated rings. The Kier molecular flexibility index (Phi) is 6.35. The van der Waals surface area contributed by atoms with Gasteiger partial charge >= 0.3 is 0 Å². The molecule has 0 aromatic rings. The highest BCUT2D eigenvalue weighted by Crippen LogP contribution is 2.67. The van der Waals surface area contributed by atoms with Crippen molar-refractivity contribution < 1.29 is 5.11 Å². The molecule has 1 N–H and O–H groups in total. The molecule has 0 saturated heterocycles. The van der Waals surface area contributed by atoms with Gasteiger partial charge in [0.25, 0.3) is 0 Å². The number of allylic oxidation sites excluding steroid dienone is 3. The number of hydrogen-bond donors (Lipinski definition) is 1. The molecule has 1 heteroatoms. The van der Waals surface area contributed by atoms with E-state index in [0.717, 1.165) is 42.4 Å². The molecule has 0 aromatic heterocycles. The molecule has 4 aliphatic carbocycles. The Labute approximate surface area is 186 Å². The number of aliphatic hydroxyl groups is 1. The van der Waals surface area contributed by atoms with Gasteiger partial charge in [0, 0.05) is 0 Å². The van der Waals surface area contributed by atoms with Gasteiger partial charge in [0.05, 0.1) is 6.10 Å². The highest BCUT2D eigenvalue weighted by molar-refractivity contribution is 5.25. The lowest BCUT2D eigenvalue weighted by Gasteiger charge is -2.58. The summed E-state index contributed by atoms with van der Waals surface area (Å²) in [4.78, 5) is 0. The fourth-order valence-corrected chi connectivity index (χ4v) is 8.98. The van der Waals surface area contributed by atoms with Gasteiger partial charge in [-0.1, -0.05) is 57.9 Å². The molecule has 3 saturated carbocycles. The minimum absolute atomic E-state index is 0.0839. The largest absolute Gasteiger partial charge is 0.393 e. The molecule has 0 unspecified atom stereocenters. The van der Waals surface area contributed by atoms with Crippen molar-refractivity contribution in [1.29, 1.82) is 0 Å². The van der Waals surface area contributed by atoms with Gasteiger partial charge in [-0.25, -0.2) is 0 Å². The van der Waals surface area contributed by atoms with Crippen molar-refractivity contribution in [2.24, 2.45) is 46.3 Å². The monoisotopic (exact) mass is 412 g/mol. The Bertz CT molecular complexity index is 686. The maximum Gasteiger partial charge on any atom is 0.0577 e. The number of aliphatic hydroxyl groups excluding tert-OH is 1. The Morgan fingerprint density at radius 2 is 1.87 bits per heavy atom. The van der Waals surface area contributed by atoms with Crippen LogP contribution >= 0.6 is 0 Å². The average Bonchev–Trinajstić information content (AvgIpc) is 3.06. The van der Waals surface area contributed by atoms with Crippen LogP contribution in [0, 0.1) is 46.3 Å². The summed E-state index contributed by atoms with van der Waals surface area (Å²) in [5.74, 6) is 5.15. The van der Waals surface area contributed by atoms with Gasteiger partial charge in [-0.3, -0.25) is 0 Å². The number of hydrogen-bond acceptors (Lipinski definition) is 1. The van der Waals surface area contributed by atoms with Gasteiger partial charge in [0.2, 0.25) is 0 Å². The van der Waals surface area contributed by atoms with Crippen LogP contribution in [0.25, 0.3) is 0 Å². The normalized spacial score (nSPS) is 44.9. The molecular formula is C29H48O. The SMILES string of the molecule is C/C=C(\CC[C@@H](C)[C@@H]1CC[C@H]2[C@H]3CC=C4C[C@@H](O)CC[C@@]4(C)[C@H]3CC[C@@]21C)C(C)C. The molecule has 0 aromatic carbocycles. The minimum Gasteiger partial charge on any atom is -0.393 e. The molecule has 0 radical (unpaired) electrons. The smallest absolute Gasteiger partial charge is 0.0577 e. The van der Waals surface area contributed by atoms with E-state index in [4.69, 9.17) is 0 Å². The predicted molar refractivity (Wildman–Crippen MR) is 128 cm³/mol. The van der Waals surface area contributed by atoms with Crippen LogP contribution in [-0.4, -0.2) is 11.2 Å². The summed E-state index contributed by atoms with van der Waals surface area (Å²) < 4.78 is 0. The van der Waals surface area contributed by atoms with Gasteiger partial charge in [-0.15, -0.1) is 0 Å². The molecule has 4 rings (SSSR count). The van der Waals surface area contributed by atoms with Gasteiger partial charge < -0.3 is 5.11 Å². The zero-order valence-electron chi connectivity index (χ0n) is 20.7. The van der Waals surface area contributed by atoms with Crippen molar-refractivity contribution in [3.63, 3.8) is 0 Å². The quantitative estimate of drug-likeness (QED) is 0.454. The van der Waals surface area contributed by atoms with Crippen LogP contribution < -0.4 is 0 Å². The summed E-state index contributed by atoms with van der Waals surface area (Å²) in [6, 6.07) is 0. The third kappa shape index (κ3) is 3.66. The van der Waals surface area contributed by atoms with Crippen molar-refractivity contribution in [3.05, 3.63) is 23.3 Å². The summed E-state index contributed by atoms with van der Waals surface area (Å²) in [5, 5.41) is 10.2. The van der Waals surface area contributed by atoms with Crippen molar-refractivity contribution in [1.82, 2.24) is 0 Å². The molecule has 0 bridgehead atoms. The fraction of sp³-hybridized carbons (Fsp3) is 0.862. The molecule has 0 aliphatic heterocycles. The second-order valence-electron chi connectivity index (χ2n) is 12.4. The molecule has 1 nitrogen and oxygen atoms in total. The Balaban J connectivity index is 1.49. The lowest BCUT2D eigenvalue weighted by Crippen LogP contribution is -2.50. The maximum atomic E-state index is 10.2. The van der Waals surface area contributed by atoms with Crippen molar-refractivity contribution >= 4 is 0 Å². The molecular weight excluding hydrogens is 364 g/mol. The molecule has 0 spiro atoms. The van der Waals surface area contributed by atoms with Crippen molar-refractivity contribution in [2.75, 3.05) is 0 Å². The third-order valence-electron chi connectivity index (χ3n) is 10.8. The first-order chi connectivity index (χ1) is 14.2. The third-order valence-corrected chi connectivity index (χ3v) is 10.8. The Morgan fingerprint density at radius 3 is 2.57 bits per heavy atom. The molecule has 4 aliphatic rings. The van der Waals surface area contributed by atoms with Crippen LogP contribution in [0.15, 0.2) is 23.3 Å². The second-order valence-corrected chi connectivity index (χ2v) is 12.4. The Hall–Kier alpha value is -0.560. The lowest BCUT2D eigenvalue weighted by molar-refractivity contribution is -0.0571. The topological polar surface area (TPSA) is 20.2 Å². The van der Waals surface area contributed by atoms with Crippen LogP contribution in [0.3, 0.4) is 0 Å². The van der Waals surface area contributed by atoms with E-state index >= 15 is 0 Å². The van der Waals surface area contributed by atoms with Crippen LogP contribution in [0.1, 0.15) is 106 Å². The fourth-order valence-electron chi connectivity index (χ4n) is 8.98. The van der Waals surface area contributed by atoms with E-state index in [1.54, 1.807) is 11.1 Å². The highest BCUT2D eigenvalue weighted by Gasteiger charge is 2.59. The highest BCUT2D eigenvalue weighted by atomic mass is 16.3. The molecule has 8 atom stereocenters. The van der Waals surface area contributed by atoms with Gasteiger partial charge in [-0.05, 0) is 117 Å². The first-order valence-corrected chi connectivity index (χ1v) is 13.2. The molecule has 0 heterocycles. The first kappa shape index (κ1) is 22.6. The van der Waals surface area contributed by atoms with Crippen molar-refractivity contribution in [2.45, 2.75) is 112 Å². The standard InChI is InChI=1S/C29H48O/c1-7-21(19(2)3)9-8-20(4)25-12-13-26-24-11-10-22-18-23(30)14-16-28(22,5)27(24)15-17-29(25,26)6/h7,10,19-20,23-27,30H,8-9,11-18H2,1-6H3/b21-7+/t20-,23+,24-,25+,26+,27+,28-,29-/m1/s1. The maximum absolute atomic E-state index is 10.2. The first-order valence-electron chi connectivity index (χ1n) is 13.2. The minimum atomic E-state index is -0.0839. The van der Waals surface area contributed by atoms with Crippen LogP contribution in [0.2, 0.25) is 0 Å². The zero-order valence-corrected chi connectivity index (χ0v) is 20.7. The van der Waals surface area contributed by atoms with Crippen LogP contribution in [0.5, 0.6) is 0 Å². The second kappa shape index (κ2) is 8.42. The summed E-state index contributed by atoms with van der Waals surface area (Å²) in [5.41, 5.74) is 4.21. The summed E-state index contributed by atoms with van der Waals surface area (Å²) in [6.07, 6.45) is 17.8. The van der Waals surface area contributed by atoms with E-state index in [1.807, 2.05) is 0 Å². The van der Waals surface area contributed by atoms with E-state index in [-0.39, 0.29) is 6.10 Å². The Morgan fingerprint density at radius 1 is 1.10 bits per heavy atom. The molecule has 0 amide bonds. The van der Waals surface area contributed by atoms with Crippen LogP contribution in [-0.2, 0) is 0 Å². The van der Waals surface area contributed by atoms with Gasteiger partial charge in [0.15, 0.2) is 0 Å². The molecule has 30 heavy (non-hydrogen) atoms. The summed E-state index contributed by atoms with van der Waals surface area (Å²) in [6.45, 7) is 14.7. The lowest BCUT2D eigenvalue weighted by atomic mass is 9.47. The number of fused-ring (bicyclic) bond motifs is 5.